The molecule has 2 rings (SSSR count). The number of aryl methyl sites for hydroxylation is 1. The Morgan fingerprint density at radius 1 is 1.14 bits per heavy atom. The van der Waals surface area contributed by atoms with Gasteiger partial charge in [-0.3, -0.25) is 0 Å². The van der Waals surface area contributed by atoms with Gasteiger partial charge in [-0.2, -0.15) is 0 Å². The van der Waals surface area contributed by atoms with Gasteiger partial charge in [0.1, 0.15) is 0 Å². The summed E-state index contributed by atoms with van der Waals surface area (Å²) in [6, 6.07) is 6.12. The van der Waals surface area contributed by atoms with E-state index >= 15 is 0 Å². The normalized spacial score (nSPS) is 14.2. The molecule has 0 fully saturated rings. The number of hydrogen-bond acceptors (Lipinski definition) is 3. The van der Waals surface area contributed by atoms with Crippen LogP contribution in [0.1, 0.15) is 39.2 Å². The van der Waals surface area contributed by atoms with E-state index in [-0.39, 0.29) is 0 Å². The van der Waals surface area contributed by atoms with E-state index in [2.05, 4.69) is 30.1 Å². The Balaban J connectivity index is 2.19. The minimum absolute atomic E-state index is 0.618. The number of aliphatic imine (C=N–C) groups is 1. The average molecular weight is 285 g/mol. The Bertz CT molecular complexity index is 571. The van der Waals surface area contributed by atoms with Crippen LogP contribution in [-0.2, 0) is 6.42 Å². The number of allylic oxidation sites excluding steroid dienone is 3. The molecule has 0 unspecified atom stereocenters. The van der Waals surface area contributed by atoms with Crippen LogP contribution in [0.5, 0.6) is 11.5 Å². The first-order valence-corrected chi connectivity index (χ1v) is 7.57. The van der Waals surface area contributed by atoms with Crippen molar-refractivity contribution in [1.82, 2.24) is 0 Å². The number of rotatable bonds is 6. The van der Waals surface area contributed by atoms with E-state index in [1.807, 2.05) is 32.2 Å². The summed E-state index contributed by atoms with van der Waals surface area (Å²) in [6.07, 6.45) is 8.91. The van der Waals surface area contributed by atoms with Gasteiger partial charge in [0.05, 0.1) is 6.61 Å². The summed E-state index contributed by atoms with van der Waals surface area (Å²) in [6.45, 7) is 6.80. The van der Waals surface area contributed by atoms with Gasteiger partial charge < -0.3 is 9.47 Å². The second kappa shape index (κ2) is 7.67. The van der Waals surface area contributed by atoms with Crippen molar-refractivity contribution in [3.63, 3.8) is 0 Å². The standard InChI is InChI=1S/C18H23NO2/c1-4-7-15-10-11-16(17(12-15)20-5-2)21-18-9-6-8-14(3)13-19-18/h8-13H,4-7H2,1-3H3. The second-order valence-corrected chi connectivity index (χ2v) is 5.05. The average Bonchev–Trinajstić information content (AvgIpc) is 2.67. The molecule has 0 amide bonds. The Kier molecular flexibility index (Phi) is 5.61. The topological polar surface area (TPSA) is 30.8 Å². The lowest BCUT2D eigenvalue weighted by Gasteiger charge is -2.13. The molecule has 0 saturated carbocycles. The first-order chi connectivity index (χ1) is 10.2. The highest BCUT2D eigenvalue weighted by atomic mass is 16.5. The maximum Gasteiger partial charge on any atom is 0.215 e. The van der Waals surface area contributed by atoms with Gasteiger partial charge in [0.25, 0.3) is 0 Å². The van der Waals surface area contributed by atoms with Crippen LogP contribution in [0.15, 0.2) is 46.8 Å². The molecule has 1 aliphatic heterocycles. The monoisotopic (exact) mass is 285 g/mol. The number of hydrogen-bond donors (Lipinski definition) is 0. The van der Waals surface area contributed by atoms with E-state index < -0.39 is 0 Å². The molecule has 1 aromatic rings. The van der Waals surface area contributed by atoms with Gasteiger partial charge in [-0.05, 0) is 56.0 Å². The molecule has 1 aromatic carbocycles. The fraction of sp³-hybridized carbons (Fsp3) is 0.389. The van der Waals surface area contributed by atoms with Crippen molar-refractivity contribution in [2.24, 2.45) is 4.99 Å². The lowest BCUT2D eigenvalue weighted by atomic mass is 10.1. The third kappa shape index (κ3) is 4.48. The maximum absolute atomic E-state index is 5.91. The van der Waals surface area contributed by atoms with Crippen molar-refractivity contribution in [2.45, 2.75) is 40.0 Å². The van der Waals surface area contributed by atoms with Gasteiger partial charge in [-0.25, -0.2) is 4.99 Å². The molecule has 0 atom stereocenters. The molecular weight excluding hydrogens is 262 g/mol. The summed E-state index contributed by atoms with van der Waals surface area (Å²) in [7, 11) is 0. The highest BCUT2D eigenvalue weighted by Crippen LogP contribution is 2.31. The molecule has 1 heterocycles. The SMILES string of the molecule is CCCc1ccc(OC2=CCC=C(C)C=N2)c(OCC)c1. The molecule has 0 aromatic heterocycles. The van der Waals surface area contributed by atoms with Crippen molar-refractivity contribution < 1.29 is 9.47 Å². The van der Waals surface area contributed by atoms with Crippen molar-refractivity contribution in [1.29, 1.82) is 0 Å². The van der Waals surface area contributed by atoms with Crippen molar-refractivity contribution in [3.05, 3.63) is 47.4 Å². The number of nitrogens with zero attached hydrogens (tertiary/aromatic N) is 1. The molecule has 0 radical (unpaired) electrons. The molecule has 0 saturated heterocycles. The van der Waals surface area contributed by atoms with Gasteiger partial charge in [0.15, 0.2) is 11.5 Å². The van der Waals surface area contributed by atoms with E-state index in [4.69, 9.17) is 9.47 Å². The summed E-state index contributed by atoms with van der Waals surface area (Å²) in [4.78, 5) is 4.35. The van der Waals surface area contributed by atoms with Crippen LogP contribution in [0.4, 0.5) is 0 Å². The minimum atomic E-state index is 0.618. The van der Waals surface area contributed by atoms with E-state index in [0.717, 1.165) is 36.3 Å². The highest BCUT2D eigenvalue weighted by molar-refractivity contribution is 5.78. The van der Waals surface area contributed by atoms with Crippen molar-refractivity contribution in [2.75, 3.05) is 6.61 Å². The predicted molar refractivity (Wildman–Crippen MR) is 87.2 cm³/mol. The predicted octanol–water partition coefficient (Wildman–Crippen LogP) is 4.68. The van der Waals surface area contributed by atoms with E-state index in [0.29, 0.717) is 12.5 Å². The van der Waals surface area contributed by atoms with Crippen molar-refractivity contribution in [3.8, 4) is 11.5 Å². The van der Waals surface area contributed by atoms with E-state index in [1.54, 1.807) is 0 Å². The zero-order valence-corrected chi connectivity index (χ0v) is 13.1. The fourth-order valence-electron chi connectivity index (χ4n) is 2.15. The molecule has 3 heteroatoms. The third-order valence-electron chi connectivity index (χ3n) is 3.19. The van der Waals surface area contributed by atoms with Crippen LogP contribution in [0.25, 0.3) is 0 Å². The van der Waals surface area contributed by atoms with Crippen LogP contribution in [0.3, 0.4) is 0 Å². The van der Waals surface area contributed by atoms with Gasteiger partial charge in [0.2, 0.25) is 5.88 Å². The third-order valence-corrected chi connectivity index (χ3v) is 3.19. The lowest BCUT2D eigenvalue weighted by molar-refractivity contribution is 0.312. The summed E-state index contributed by atoms with van der Waals surface area (Å²) in [5, 5.41) is 0. The molecule has 112 valence electrons. The first kappa shape index (κ1) is 15.4. The van der Waals surface area contributed by atoms with Crippen molar-refractivity contribution >= 4 is 6.21 Å². The Hall–Kier alpha value is -2.03. The Morgan fingerprint density at radius 2 is 2.00 bits per heavy atom. The van der Waals surface area contributed by atoms with Crippen LogP contribution >= 0.6 is 0 Å². The maximum atomic E-state index is 5.91. The van der Waals surface area contributed by atoms with E-state index in [9.17, 15) is 0 Å². The zero-order valence-electron chi connectivity index (χ0n) is 13.1. The quantitative estimate of drug-likeness (QED) is 0.760. The molecule has 21 heavy (non-hydrogen) atoms. The van der Waals surface area contributed by atoms with Crippen LogP contribution in [0.2, 0.25) is 0 Å². The Labute approximate surface area is 127 Å². The van der Waals surface area contributed by atoms with Gasteiger partial charge in [0, 0.05) is 6.21 Å². The molecule has 3 nitrogen and oxygen atoms in total. The van der Waals surface area contributed by atoms with Gasteiger partial charge >= 0.3 is 0 Å². The minimum Gasteiger partial charge on any atom is -0.490 e. The smallest absolute Gasteiger partial charge is 0.215 e. The van der Waals surface area contributed by atoms with Crippen LogP contribution in [-0.4, -0.2) is 12.8 Å². The van der Waals surface area contributed by atoms with Crippen LogP contribution < -0.4 is 9.47 Å². The van der Waals surface area contributed by atoms with Crippen LogP contribution in [0, 0.1) is 0 Å². The van der Waals surface area contributed by atoms with Gasteiger partial charge in [-0.1, -0.05) is 25.5 Å². The summed E-state index contributed by atoms with van der Waals surface area (Å²) < 4.78 is 11.6. The highest BCUT2D eigenvalue weighted by Gasteiger charge is 2.09. The first-order valence-electron chi connectivity index (χ1n) is 7.57. The van der Waals surface area contributed by atoms with Gasteiger partial charge in [-0.15, -0.1) is 0 Å². The number of benzene rings is 1. The molecule has 0 bridgehead atoms. The van der Waals surface area contributed by atoms with E-state index in [1.165, 1.54) is 5.56 Å². The lowest BCUT2D eigenvalue weighted by Crippen LogP contribution is -1.99. The molecule has 1 aliphatic rings. The summed E-state index contributed by atoms with van der Waals surface area (Å²) in [5.41, 5.74) is 2.41. The molecule has 0 spiro atoms. The second-order valence-electron chi connectivity index (χ2n) is 5.05. The summed E-state index contributed by atoms with van der Waals surface area (Å²) in [5.74, 6) is 2.13. The largest absolute Gasteiger partial charge is 0.490 e. The fourth-order valence-corrected chi connectivity index (χ4v) is 2.15. The zero-order chi connectivity index (χ0) is 15.1. The summed E-state index contributed by atoms with van der Waals surface area (Å²) >= 11 is 0. The number of ether oxygens (including phenoxy) is 2. The Morgan fingerprint density at radius 3 is 2.76 bits per heavy atom. The molecule has 0 N–H and O–H groups in total. The molecular formula is C18H23NO2. The molecule has 0 aliphatic carbocycles.